The lowest BCUT2D eigenvalue weighted by molar-refractivity contribution is -0.147. The number of Topliss-reactive ketones (excluding diaryl/α,β-unsaturated/α-hetero) is 1. The molecule has 0 aromatic heterocycles. The fourth-order valence-corrected chi connectivity index (χ4v) is 2.44. The molecule has 0 heterocycles. The highest BCUT2D eigenvalue weighted by molar-refractivity contribution is 6.26. The van der Waals surface area contributed by atoms with E-state index < -0.39 is 35.7 Å². The van der Waals surface area contributed by atoms with E-state index in [4.69, 9.17) is 10.1 Å². The predicted molar refractivity (Wildman–Crippen MR) is 106 cm³/mol. The molecule has 3 amide bonds. The fourth-order valence-electron chi connectivity index (χ4n) is 2.44. The molecule has 0 bridgehead atoms. The van der Waals surface area contributed by atoms with E-state index in [9.17, 15) is 24.0 Å². The van der Waals surface area contributed by atoms with Crippen LogP contribution in [0.15, 0.2) is 0 Å². The number of rotatable bonds is 13. The molecule has 4 N–H and O–H groups in total. The van der Waals surface area contributed by atoms with Gasteiger partial charge >= 0.3 is 5.97 Å². The molecule has 10 nitrogen and oxygen atoms in total. The molecule has 0 radical (unpaired) electrons. The summed E-state index contributed by atoms with van der Waals surface area (Å²) in [5.74, 6) is -2.65. The van der Waals surface area contributed by atoms with E-state index in [1.807, 2.05) is 13.8 Å². The Bertz CT molecular complexity index is 618. The number of ketones is 1. The molecule has 0 saturated heterocycles. The van der Waals surface area contributed by atoms with Crippen LogP contribution in [0.1, 0.15) is 53.9 Å². The zero-order valence-electron chi connectivity index (χ0n) is 17.7. The molecule has 0 saturated carbocycles. The number of ether oxygens (including phenoxy) is 1. The Hall–Kier alpha value is -2.78. The van der Waals surface area contributed by atoms with E-state index in [0.717, 1.165) is 0 Å². The van der Waals surface area contributed by atoms with Gasteiger partial charge in [0.25, 0.3) is 0 Å². The van der Waals surface area contributed by atoms with Crippen molar-refractivity contribution in [1.29, 1.82) is 5.41 Å². The van der Waals surface area contributed by atoms with E-state index >= 15 is 0 Å². The third-order valence-corrected chi connectivity index (χ3v) is 3.65. The summed E-state index contributed by atoms with van der Waals surface area (Å²) in [4.78, 5) is 59.5. The maximum Gasteiger partial charge on any atom is 0.325 e. The van der Waals surface area contributed by atoms with Gasteiger partial charge in [-0.3, -0.25) is 24.0 Å². The molecule has 2 atom stereocenters. The van der Waals surface area contributed by atoms with E-state index in [-0.39, 0.29) is 37.3 Å². The Morgan fingerprint density at radius 1 is 0.966 bits per heavy atom. The van der Waals surface area contributed by atoms with Crippen LogP contribution in [-0.4, -0.2) is 60.4 Å². The van der Waals surface area contributed by atoms with Crippen LogP contribution in [0.4, 0.5) is 0 Å². The second kappa shape index (κ2) is 13.4. The lowest BCUT2D eigenvalue weighted by atomic mass is 10.0. The highest BCUT2D eigenvalue weighted by atomic mass is 16.5. The average Bonchev–Trinajstić information content (AvgIpc) is 2.60. The van der Waals surface area contributed by atoms with Crippen LogP contribution in [0.3, 0.4) is 0 Å². The molecule has 0 aliphatic rings. The Labute approximate surface area is 171 Å². The van der Waals surface area contributed by atoms with Crippen molar-refractivity contribution in [2.75, 3.05) is 6.54 Å². The third-order valence-electron chi connectivity index (χ3n) is 3.65. The maximum absolute atomic E-state index is 12.6. The number of hydrogen-bond acceptors (Lipinski definition) is 7. The number of esters is 1. The van der Waals surface area contributed by atoms with Crippen molar-refractivity contribution in [3.8, 4) is 0 Å². The Morgan fingerprint density at radius 3 is 2.07 bits per heavy atom. The van der Waals surface area contributed by atoms with E-state index in [1.165, 1.54) is 6.92 Å². The molecule has 0 spiro atoms. The van der Waals surface area contributed by atoms with Gasteiger partial charge in [-0.05, 0) is 32.6 Å². The number of hydrogen-bond donors (Lipinski definition) is 4. The molecule has 29 heavy (non-hydrogen) atoms. The number of carbonyl (C=O) groups excluding carboxylic acids is 5. The van der Waals surface area contributed by atoms with Crippen molar-refractivity contribution in [2.45, 2.75) is 72.1 Å². The quantitative estimate of drug-likeness (QED) is 0.248. The van der Waals surface area contributed by atoms with Gasteiger partial charge in [-0.1, -0.05) is 13.8 Å². The minimum absolute atomic E-state index is 0.0561. The van der Waals surface area contributed by atoms with Crippen molar-refractivity contribution in [2.24, 2.45) is 5.92 Å². The van der Waals surface area contributed by atoms with E-state index in [0.29, 0.717) is 12.6 Å². The predicted octanol–water partition coefficient (Wildman–Crippen LogP) is 0.0887. The SMILES string of the molecule is CC(=O)N[C@@H](CC(C)C)C(=O)N[C@@H](CCC(=O)C=N)C(=O)NCC(=O)OC(C)C. The summed E-state index contributed by atoms with van der Waals surface area (Å²) < 4.78 is 4.93. The van der Waals surface area contributed by atoms with Crippen LogP contribution < -0.4 is 16.0 Å². The summed E-state index contributed by atoms with van der Waals surface area (Å²) in [5.41, 5.74) is 0. The summed E-state index contributed by atoms with van der Waals surface area (Å²) in [5, 5.41) is 14.4. The first-order valence-electron chi connectivity index (χ1n) is 9.54. The van der Waals surface area contributed by atoms with Crippen molar-refractivity contribution < 1.29 is 28.7 Å². The molecule has 0 aliphatic carbocycles. The minimum atomic E-state index is -1.11. The largest absolute Gasteiger partial charge is 0.462 e. The summed E-state index contributed by atoms with van der Waals surface area (Å²) in [6.07, 6.45) is 0.470. The highest BCUT2D eigenvalue weighted by Gasteiger charge is 2.27. The molecular formula is C19H32N4O6. The summed E-state index contributed by atoms with van der Waals surface area (Å²) >= 11 is 0. The topological polar surface area (TPSA) is 155 Å². The van der Waals surface area contributed by atoms with Gasteiger partial charge in [0, 0.05) is 13.3 Å². The summed E-state index contributed by atoms with van der Waals surface area (Å²) in [6.45, 7) is 8.01. The van der Waals surface area contributed by atoms with Gasteiger partial charge in [-0.15, -0.1) is 0 Å². The first-order chi connectivity index (χ1) is 13.5. The fraction of sp³-hybridized carbons (Fsp3) is 0.684. The van der Waals surface area contributed by atoms with Crippen LogP contribution in [-0.2, 0) is 28.7 Å². The third kappa shape index (κ3) is 12.3. The van der Waals surface area contributed by atoms with Crippen LogP contribution in [0, 0.1) is 11.3 Å². The smallest absolute Gasteiger partial charge is 0.325 e. The monoisotopic (exact) mass is 412 g/mol. The van der Waals surface area contributed by atoms with Crippen LogP contribution >= 0.6 is 0 Å². The lowest BCUT2D eigenvalue weighted by Crippen LogP contribution is -2.54. The normalized spacial score (nSPS) is 12.7. The second-order valence-corrected chi connectivity index (χ2v) is 7.35. The Kier molecular flexibility index (Phi) is 12.1. The average molecular weight is 412 g/mol. The lowest BCUT2D eigenvalue weighted by Gasteiger charge is -2.23. The van der Waals surface area contributed by atoms with Gasteiger partial charge in [-0.2, -0.15) is 0 Å². The summed E-state index contributed by atoms with van der Waals surface area (Å²) in [7, 11) is 0. The molecule has 164 valence electrons. The van der Waals surface area contributed by atoms with E-state index in [1.54, 1.807) is 13.8 Å². The first kappa shape index (κ1) is 26.2. The van der Waals surface area contributed by atoms with Gasteiger partial charge in [0.2, 0.25) is 17.7 Å². The molecule has 0 aromatic carbocycles. The minimum Gasteiger partial charge on any atom is -0.462 e. The molecule has 0 fully saturated rings. The molecular weight excluding hydrogens is 380 g/mol. The van der Waals surface area contributed by atoms with Crippen molar-refractivity contribution in [3.05, 3.63) is 0 Å². The van der Waals surface area contributed by atoms with Crippen LogP contribution in [0.25, 0.3) is 0 Å². The molecule has 0 unspecified atom stereocenters. The number of amides is 3. The van der Waals surface area contributed by atoms with E-state index in [2.05, 4.69) is 16.0 Å². The second-order valence-electron chi connectivity index (χ2n) is 7.35. The van der Waals surface area contributed by atoms with Crippen molar-refractivity contribution >= 4 is 35.7 Å². The van der Waals surface area contributed by atoms with Crippen LogP contribution in [0.2, 0.25) is 0 Å². The van der Waals surface area contributed by atoms with Crippen molar-refractivity contribution in [1.82, 2.24) is 16.0 Å². The Morgan fingerprint density at radius 2 is 1.59 bits per heavy atom. The van der Waals surface area contributed by atoms with Crippen LogP contribution in [0.5, 0.6) is 0 Å². The Balaban J connectivity index is 5.16. The molecule has 10 heteroatoms. The number of carbonyl (C=O) groups is 5. The van der Waals surface area contributed by atoms with Gasteiger partial charge in [0.05, 0.1) is 12.3 Å². The van der Waals surface area contributed by atoms with Gasteiger partial charge in [0.15, 0.2) is 5.78 Å². The zero-order valence-corrected chi connectivity index (χ0v) is 17.7. The molecule has 0 rings (SSSR count). The summed E-state index contributed by atoms with van der Waals surface area (Å²) in [6, 6.07) is -1.95. The molecule has 0 aliphatic heterocycles. The van der Waals surface area contributed by atoms with Gasteiger partial charge in [-0.25, -0.2) is 0 Å². The first-order valence-corrected chi connectivity index (χ1v) is 9.54. The van der Waals surface area contributed by atoms with Crippen molar-refractivity contribution in [3.63, 3.8) is 0 Å². The highest BCUT2D eigenvalue weighted by Crippen LogP contribution is 2.07. The zero-order chi connectivity index (χ0) is 22.6. The van der Waals surface area contributed by atoms with Gasteiger partial charge < -0.3 is 26.1 Å². The maximum atomic E-state index is 12.6. The van der Waals surface area contributed by atoms with Gasteiger partial charge in [0.1, 0.15) is 18.6 Å². The standard InChI is InChI=1S/C19H32N4O6/c1-11(2)8-16(22-13(5)24)19(28)23-15(7-6-14(25)9-20)18(27)21-10-17(26)29-12(3)4/h9,11-12,15-16,20H,6-8,10H2,1-5H3,(H,21,27)(H,22,24)(H,23,28)/t15-,16-/m0/s1. The number of nitrogens with one attached hydrogen (secondary N) is 4. The molecule has 0 aromatic rings.